The number of likely N-dealkylation sites (N-methyl/N-ethyl adjacent to an activating group) is 2. The molecule has 0 unspecified atom stereocenters. The van der Waals surface area contributed by atoms with Crippen LogP contribution in [0.5, 0.6) is 0 Å². The third-order valence-corrected chi connectivity index (χ3v) is 2.68. The highest BCUT2D eigenvalue weighted by Gasteiger charge is 2.15. The maximum Gasteiger partial charge on any atom is 0.254 e. The fourth-order valence-electron chi connectivity index (χ4n) is 1.49. The van der Waals surface area contributed by atoms with Gasteiger partial charge in [-0.15, -0.1) is 0 Å². The van der Waals surface area contributed by atoms with E-state index in [1.807, 2.05) is 0 Å². The second-order valence-electron chi connectivity index (χ2n) is 4.53. The molecular weight excluding hydrogens is 254 g/mol. The van der Waals surface area contributed by atoms with Crippen molar-refractivity contribution in [2.75, 3.05) is 34.2 Å². The van der Waals surface area contributed by atoms with Crippen molar-refractivity contribution >= 4 is 11.8 Å². The fourth-order valence-corrected chi connectivity index (χ4v) is 1.49. The van der Waals surface area contributed by atoms with Gasteiger partial charge in [0.05, 0.1) is 13.1 Å². The first kappa shape index (κ1) is 15.7. The molecular formula is C15H19N3O2. The van der Waals surface area contributed by atoms with Crippen molar-refractivity contribution in [3.05, 3.63) is 35.4 Å². The molecule has 2 amide bonds. The van der Waals surface area contributed by atoms with Gasteiger partial charge in [-0.1, -0.05) is 11.8 Å². The zero-order chi connectivity index (χ0) is 15.1. The Balaban J connectivity index is 2.74. The van der Waals surface area contributed by atoms with Crippen molar-refractivity contribution in [2.24, 2.45) is 5.73 Å². The van der Waals surface area contributed by atoms with E-state index in [0.29, 0.717) is 12.1 Å². The number of nitrogens with two attached hydrogens (primary N) is 1. The Morgan fingerprint density at radius 1 is 1.15 bits per heavy atom. The molecule has 0 radical (unpaired) electrons. The van der Waals surface area contributed by atoms with Crippen LogP contribution in [0.4, 0.5) is 0 Å². The van der Waals surface area contributed by atoms with Crippen molar-refractivity contribution in [3.8, 4) is 11.8 Å². The Labute approximate surface area is 119 Å². The summed E-state index contributed by atoms with van der Waals surface area (Å²) < 4.78 is 0. The van der Waals surface area contributed by atoms with Crippen LogP contribution in [0.3, 0.4) is 0 Å². The van der Waals surface area contributed by atoms with Gasteiger partial charge in [0.1, 0.15) is 0 Å². The van der Waals surface area contributed by atoms with Crippen LogP contribution in [0.2, 0.25) is 0 Å². The van der Waals surface area contributed by atoms with E-state index < -0.39 is 0 Å². The summed E-state index contributed by atoms with van der Waals surface area (Å²) in [6.45, 7) is 0.358. The van der Waals surface area contributed by atoms with E-state index >= 15 is 0 Å². The summed E-state index contributed by atoms with van der Waals surface area (Å²) in [5.74, 6) is 5.32. The number of benzene rings is 1. The number of carbonyl (C=O) groups excluding carboxylic acids is 2. The van der Waals surface area contributed by atoms with Gasteiger partial charge in [0.2, 0.25) is 5.91 Å². The van der Waals surface area contributed by atoms with Crippen LogP contribution in [0.1, 0.15) is 15.9 Å². The normalized spacial score (nSPS) is 9.40. The molecule has 2 N–H and O–H groups in total. The maximum atomic E-state index is 12.1. The fraction of sp³-hybridized carbons (Fsp3) is 0.333. The monoisotopic (exact) mass is 273 g/mol. The number of nitrogens with zero attached hydrogens (tertiary/aromatic N) is 2. The molecule has 0 saturated heterocycles. The molecule has 1 rings (SSSR count). The first-order valence-corrected chi connectivity index (χ1v) is 6.20. The van der Waals surface area contributed by atoms with E-state index in [9.17, 15) is 9.59 Å². The average molecular weight is 273 g/mol. The summed E-state index contributed by atoms with van der Waals surface area (Å²) in [7, 11) is 4.92. The maximum absolute atomic E-state index is 12.1. The zero-order valence-corrected chi connectivity index (χ0v) is 12.0. The summed E-state index contributed by atoms with van der Waals surface area (Å²) in [4.78, 5) is 26.5. The average Bonchev–Trinajstić information content (AvgIpc) is 2.44. The lowest BCUT2D eigenvalue weighted by molar-refractivity contribution is -0.129. The van der Waals surface area contributed by atoms with Gasteiger partial charge < -0.3 is 15.5 Å². The number of amides is 2. The Morgan fingerprint density at radius 2 is 1.75 bits per heavy atom. The van der Waals surface area contributed by atoms with E-state index in [1.165, 1.54) is 9.80 Å². The number of hydrogen-bond donors (Lipinski definition) is 1. The van der Waals surface area contributed by atoms with E-state index in [0.717, 1.165) is 5.56 Å². The third-order valence-electron chi connectivity index (χ3n) is 2.68. The number of carbonyl (C=O) groups is 2. The molecule has 5 nitrogen and oxygen atoms in total. The van der Waals surface area contributed by atoms with Crippen LogP contribution in [-0.2, 0) is 4.79 Å². The first-order valence-electron chi connectivity index (χ1n) is 6.20. The smallest absolute Gasteiger partial charge is 0.254 e. The van der Waals surface area contributed by atoms with Gasteiger partial charge in [-0.25, -0.2) is 0 Å². The quantitative estimate of drug-likeness (QED) is 0.798. The van der Waals surface area contributed by atoms with Gasteiger partial charge in [0.25, 0.3) is 5.91 Å². The van der Waals surface area contributed by atoms with Gasteiger partial charge >= 0.3 is 0 Å². The standard InChI is InChI=1S/C15H19N3O2/c1-17(2)14(19)11-18(3)15(20)13-8-6-12(7-9-13)5-4-10-16/h6-9H,10-11,16H2,1-3H3. The minimum Gasteiger partial charge on any atom is -0.347 e. The van der Waals surface area contributed by atoms with E-state index in [1.54, 1.807) is 45.4 Å². The van der Waals surface area contributed by atoms with Crippen LogP contribution in [0.15, 0.2) is 24.3 Å². The Kier molecular flexibility index (Phi) is 5.75. The van der Waals surface area contributed by atoms with E-state index in [2.05, 4.69) is 11.8 Å². The van der Waals surface area contributed by atoms with Crippen LogP contribution < -0.4 is 5.73 Å². The Hall–Kier alpha value is -2.32. The van der Waals surface area contributed by atoms with Crippen LogP contribution in [-0.4, -0.2) is 55.8 Å². The molecule has 1 aromatic carbocycles. The van der Waals surface area contributed by atoms with Crippen LogP contribution >= 0.6 is 0 Å². The van der Waals surface area contributed by atoms with Crippen molar-refractivity contribution in [3.63, 3.8) is 0 Å². The summed E-state index contributed by atoms with van der Waals surface area (Å²) >= 11 is 0. The molecule has 106 valence electrons. The third kappa shape index (κ3) is 4.41. The van der Waals surface area contributed by atoms with E-state index in [4.69, 9.17) is 5.73 Å². The van der Waals surface area contributed by atoms with Crippen molar-refractivity contribution in [1.82, 2.24) is 9.80 Å². The second kappa shape index (κ2) is 7.31. The van der Waals surface area contributed by atoms with Crippen LogP contribution in [0.25, 0.3) is 0 Å². The highest BCUT2D eigenvalue weighted by Crippen LogP contribution is 2.06. The molecule has 1 aromatic rings. The van der Waals surface area contributed by atoms with Gasteiger partial charge in [0.15, 0.2) is 0 Å². The molecule has 5 heteroatoms. The summed E-state index contributed by atoms with van der Waals surface area (Å²) in [5, 5.41) is 0. The summed E-state index contributed by atoms with van der Waals surface area (Å²) in [6.07, 6.45) is 0. The lowest BCUT2D eigenvalue weighted by Gasteiger charge is -2.19. The molecule has 0 aliphatic heterocycles. The molecule has 20 heavy (non-hydrogen) atoms. The highest BCUT2D eigenvalue weighted by atomic mass is 16.2. The molecule has 0 aromatic heterocycles. The molecule has 0 heterocycles. The molecule has 0 spiro atoms. The first-order chi connectivity index (χ1) is 9.45. The number of hydrogen-bond acceptors (Lipinski definition) is 3. The molecule has 0 atom stereocenters. The highest BCUT2D eigenvalue weighted by molar-refractivity contribution is 5.96. The molecule has 0 fully saturated rings. The Morgan fingerprint density at radius 3 is 2.25 bits per heavy atom. The second-order valence-corrected chi connectivity index (χ2v) is 4.53. The summed E-state index contributed by atoms with van der Waals surface area (Å²) in [6, 6.07) is 6.91. The van der Waals surface area contributed by atoms with E-state index in [-0.39, 0.29) is 18.4 Å². The molecule has 0 aliphatic rings. The van der Waals surface area contributed by atoms with Gasteiger partial charge in [-0.2, -0.15) is 0 Å². The predicted molar refractivity (Wildman–Crippen MR) is 78.0 cm³/mol. The minimum absolute atomic E-state index is 0.0561. The zero-order valence-electron chi connectivity index (χ0n) is 12.0. The van der Waals surface area contributed by atoms with Crippen molar-refractivity contribution in [1.29, 1.82) is 0 Å². The molecule has 0 bridgehead atoms. The van der Waals surface area contributed by atoms with Gasteiger partial charge in [-0.3, -0.25) is 9.59 Å². The van der Waals surface area contributed by atoms with Crippen LogP contribution in [0, 0.1) is 11.8 Å². The lowest BCUT2D eigenvalue weighted by atomic mass is 10.1. The molecule has 0 saturated carbocycles. The SMILES string of the molecule is CN(C)C(=O)CN(C)C(=O)c1ccc(C#CCN)cc1. The molecule has 0 aliphatic carbocycles. The van der Waals surface area contributed by atoms with Crippen molar-refractivity contribution in [2.45, 2.75) is 0 Å². The largest absolute Gasteiger partial charge is 0.347 e. The predicted octanol–water partition coefficient (Wildman–Crippen LogP) is 0.157. The van der Waals surface area contributed by atoms with Gasteiger partial charge in [-0.05, 0) is 24.3 Å². The minimum atomic E-state index is -0.196. The lowest BCUT2D eigenvalue weighted by Crippen LogP contribution is -2.37. The summed E-state index contributed by atoms with van der Waals surface area (Å²) in [5.41, 5.74) is 6.62. The van der Waals surface area contributed by atoms with Gasteiger partial charge in [0, 0.05) is 32.3 Å². The topological polar surface area (TPSA) is 66.6 Å². The number of rotatable bonds is 3. The van der Waals surface area contributed by atoms with Crippen molar-refractivity contribution < 1.29 is 9.59 Å². The Bertz CT molecular complexity index is 538.